The number of nitrogens with zero attached hydrogens (tertiary/aromatic N) is 7. The van der Waals surface area contributed by atoms with Gasteiger partial charge in [0.05, 0.1) is 47.9 Å². The number of carbonyl (C=O) groups excluding carboxylic acids is 2. The highest BCUT2D eigenvalue weighted by Gasteiger charge is 2.40. The molecule has 19 heteroatoms. The fourth-order valence-electron chi connectivity index (χ4n) is 7.56. The lowest BCUT2D eigenvalue weighted by Crippen LogP contribution is -2.45. The zero-order valence-corrected chi connectivity index (χ0v) is 40.4. The predicted molar refractivity (Wildman–Crippen MR) is 254 cm³/mol. The van der Waals surface area contributed by atoms with Crippen molar-refractivity contribution in [2.45, 2.75) is 85.5 Å². The lowest BCUT2D eigenvalue weighted by molar-refractivity contribution is -0.137. The molecule has 0 atom stereocenters. The van der Waals surface area contributed by atoms with Crippen LogP contribution in [0.2, 0.25) is 10.3 Å². The summed E-state index contributed by atoms with van der Waals surface area (Å²) < 4.78 is 74.3. The maximum Gasteiger partial charge on any atom is 0.425 e. The topological polar surface area (TPSA) is 142 Å². The molecule has 2 amide bonds. The summed E-state index contributed by atoms with van der Waals surface area (Å²) in [6, 6.07) is 20.8. The second kappa shape index (κ2) is 19.6. The fourth-order valence-corrected chi connectivity index (χ4v) is 8.03. The fraction of sp³-hybridized carbons (Fsp3) is 0.347. The molecule has 6 aromatic rings. The molecule has 0 radical (unpaired) electrons. The first-order chi connectivity index (χ1) is 32.0. The summed E-state index contributed by atoms with van der Waals surface area (Å²) in [7, 11) is 3.13. The van der Waals surface area contributed by atoms with Crippen molar-refractivity contribution in [1.29, 1.82) is 0 Å². The second-order valence-electron chi connectivity index (χ2n) is 17.9. The molecule has 358 valence electrons. The van der Waals surface area contributed by atoms with Crippen LogP contribution in [-0.4, -0.2) is 70.7 Å². The smallest absolute Gasteiger partial charge is 0.425 e. The molecular formula is C49H50Cl2F3N7O7. The number of ether oxygens (including phenoxy) is 5. The van der Waals surface area contributed by atoms with E-state index in [1.165, 1.54) is 25.3 Å². The minimum atomic E-state index is -4.87. The predicted octanol–water partition coefficient (Wildman–Crippen LogP) is 12.0. The SMILES string of the molecule is COc1ccc(CN(Cc2ccc(OC)cc2)c2cc(C)c(C(F)(F)F)c(-c3cc4nc(Cl)nc5c4c(c3Cl)OCCN5Cc3cccnc3N(C(=O)OC(C)(C)C)C(=O)OC(C)(C)C)n2)cc1. The Balaban J connectivity index is 1.35. The van der Waals surface area contributed by atoms with Gasteiger partial charge in [0.25, 0.3) is 0 Å². The number of halogens is 5. The average molecular weight is 977 g/mol. The van der Waals surface area contributed by atoms with Crippen molar-refractivity contribution in [2.24, 2.45) is 0 Å². The van der Waals surface area contributed by atoms with Crippen LogP contribution in [-0.2, 0) is 35.3 Å². The Labute approximate surface area is 401 Å². The van der Waals surface area contributed by atoms with Gasteiger partial charge in [-0.05, 0) is 119 Å². The first-order valence-corrected chi connectivity index (χ1v) is 22.2. The monoisotopic (exact) mass is 975 g/mol. The summed E-state index contributed by atoms with van der Waals surface area (Å²) in [4.78, 5) is 50.0. The quantitative estimate of drug-likeness (QED) is 0.114. The number of pyridine rings is 2. The number of methoxy groups -OCH3 is 2. The van der Waals surface area contributed by atoms with Crippen LogP contribution in [0, 0.1) is 6.92 Å². The highest BCUT2D eigenvalue weighted by atomic mass is 35.5. The summed E-state index contributed by atoms with van der Waals surface area (Å²) in [5.41, 5.74) is -1.42. The number of alkyl halides is 3. The Morgan fingerprint density at radius 3 is 1.91 bits per heavy atom. The van der Waals surface area contributed by atoms with Gasteiger partial charge in [0, 0.05) is 37.0 Å². The van der Waals surface area contributed by atoms with Gasteiger partial charge >= 0.3 is 18.4 Å². The maximum absolute atomic E-state index is 15.3. The molecule has 0 unspecified atom stereocenters. The average Bonchev–Trinajstić information content (AvgIpc) is 3.43. The van der Waals surface area contributed by atoms with Gasteiger partial charge in [-0.1, -0.05) is 41.9 Å². The molecule has 0 fully saturated rings. The standard InChI is InChI=1S/C49H50Cl2F3N7O7/c1-28-23-36(60(25-29-12-16-32(64-8)17-13-29)26-30-14-18-33(65-9)19-15-30)57-40(38(28)49(52,53)54)34-24-35-37-41(39(34)50)66-22-21-59(43(37)58-44(51)56-35)27-31-11-10-20-55-42(31)61(45(62)67-47(2,3)4)46(63)68-48(5,6)7/h10-20,23-24H,21-22,25-27H2,1-9H3. The molecule has 3 aromatic carbocycles. The molecule has 0 aliphatic carbocycles. The van der Waals surface area contributed by atoms with Gasteiger partial charge in [0.2, 0.25) is 5.28 Å². The van der Waals surface area contributed by atoms with E-state index in [-0.39, 0.29) is 88.3 Å². The van der Waals surface area contributed by atoms with Crippen LogP contribution in [0.15, 0.2) is 79.0 Å². The molecule has 14 nitrogen and oxygen atoms in total. The summed E-state index contributed by atoms with van der Waals surface area (Å²) in [6.45, 7) is 11.9. The van der Waals surface area contributed by atoms with Crippen LogP contribution in [0.25, 0.3) is 22.2 Å². The molecule has 1 aliphatic heterocycles. The van der Waals surface area contributed by atoms with E-state index in [2.05, 4.69) is 15.0 Å². The molecule has 0 spiro atoms. The van der Waals surface area contributed by atoms with Gasteiger partial charge < -0.3 is 33.5 Å². The van der Waals surface area contributed by atoms with Gasteiger partial charge in [-0.2, -0.15) is 23.1 Å². The summed E-state index contributed by atoms with van der Waals surface area (Å²) in [6.07, 6.45) is -5.48. The second-order valence-corrected chi connectivity index (χ2v) is 18.6. The highest BCUT2D eigenvalue weighted by Crippen LogP contribution is 2.49. The van der Waals surface area contributed by atoms with E-state index >= 15 is 13.2 Å². The molecule has 0 bridgehead atoms. The number of hydrogen-bond acceptors (Lipinski definition) is 13. The first-order valence-electron chi connectivity index (χ1n) is 21.4. The van der Waals surface area contributed by atoms with Crippen molar-refractivity contribution in [3.8, 4) is 28.5 Å². The van der Waals surface area contributed by atoms with Gasteiger partial charge in [-0.25, -0.2) is 24.5 Å². The third-order valence-electron chi connectivity index (χ3n) is 10.5. The highest BCUT2D eigenvalue weighted by molar-refractivity contribution is 6.36. The number of benzene rings is 3. The largest absolute Gasteiger partial charge is 0.497 e. The third kappa shape index (κ3) is 11.2. The van der Waals surface area contributed by atoms with E-state index in [9.17, 15) is 9.59 Å². The van der Waals surface area contributed by atoms with Crippen LogP contribution in [0.5, 0.6) is 17.2 Å². The number of aryl methyl sites for hydroxylation is 1. The Kier molecular flexibility index (Phi) is 14.2. The third-order valence-corrected chi connectivity index (χ3v) is 11.0. The van der Waals surface area contributed by atoms with E-state index < -0.39 is 40.8 Å². The molecule has 3 aromatic heterocycles. The van der Waals surface area contributed by atoms with Crippen LogP contribution < -0.4 is 28.9 Å². The van der Waals surface area contributed by atoms with E-state index in [0.717, 1.165) is 16.0 Å². The van der Waals surface area contributed by atoms with E-state index in [4.69, 9.17) is 51.9 Å². The zero-order chi connectivity index (χ0) is 49.3. The lowest BCUT2D eigenvalue weighted by Gasteiger charge is -2.30. The zero-order valence-electron chi connectivity index (χ0n) is 38.9. The summed E-state index contributed by atoms with van der Waals surface area (Å²) in [5.74, 6) is 1.70. The molecule has 7 rings (SSSR count). The summed E-state index contributed by atoms with van der Waals surface area (Å²) >= 11 is 13.8. The van der Waals surface area contributed by atoms with Crippen molar-refractivity contribution in [3.05, 3.63) is 117 Å². The van der Waals surface area contributed by atoms with Crippen molar-refractivity contribution in [1.82, 2.24) is 19.9 Å². The molecule has 4 heterocycles. The van der Waals surface area contributed by atoms with Crippen molar-refractivity contribution in [3.63, 3.8) is 0 Å². The van der Waals surface area contributed by atoms with E-state index in [0.29, 0.717) is 17.1 Å². The Bertz CT molecular complexity index is 2760. The Morgan fingerprint density at radius 2 is 1.38 bits per heavy atom. The lowest BCUT2D eigenvalue weighted by atomic mass is 9.98. The number of carbonyl (C=O) groups is 2. The van der Waals surface area contributed by atoms with Gasteiger partial charge in [0.15, 0.2) is 11.6 Å². The molecule has 0 saturated carbocycles. The van der Waals surface area contributed by atoms with Crippen molar-refractivity contribution >= 4 is 63.7 Å². The maximum atomic E-state index is 15.3. The van der Waals surface area contributed by atoms with Crippen LogP contribution in [0.4, 0.5) is 40.2 Å². The van der Waals surface area contributed by atoms with Gasteiger partial charge in [-0.3, -0.25) is 0 Å². The minimum Gasteiger partial charge on any atom is -0.497 e. The minimum absolute atomic E-state index is 0.00943. The molecule has 0 saturated heterocycles. The number of anilines is 3. The van der Waals surface area contributed by atoms with Crippen LogP contribution in [0.3, 0.4) is 0 Å². The Morgan fingerprint density at radius 1 is 0.809 bits per heavy atom. The number of amides is 2. The van der Waals surface area contributed by atoms with E-state index in [1.54, 1.807) is 72.8 Å². The van der Waals surface area contributed by atoms with Gasteiger partial charge in [-0.15, -0.1) is 0 Å². The normalized spacial score (nSPS) is 12.8. The molecule has 1 aliphatic rings. The number of hydrogen-bond donors (Lipinski definition) is 0. The van der Waals surface area contributed by atoms with Crippen molar-refractivity contribution < 1.29 is 46.4 Å². The number of rotatable bonds is 11. The van der Waals surface area contributed by atoms with Gasteiger partial charge in [0.1, 0.15) is 40.9 Å². The van der Waals surface area contributed by atoms with Crippen LogP contribution in [0.1, 0.15) is 69.4 Å². The van der Waals surface area contributed by atoms with Crippen LogP contribution >= 0.6 is 23.2 Å². The first kappa shape index (κ1) is 49.3. The molecular weight excluding hydrogens is 926 g/mol. The molecule has 0 N–H and O–H groups in total. The number of imide groups is 1. The molecule has 68 heavy (non-hydrogen) atoms. The number of aromatic nitrogens is 4. The summed E-state index contributed by atoms with van der Waals surface area (Å²) in [5, 5.41) is -0.140. The Hall–Kier alpha value is -6.59. The van der Waals surface area contributed by atoms with E-state index in [1.807, 2.05) is 53.4 Å². The van der Waals surface area contributed by atoms with Crippen molar-refractivity contribution in [2.75, 3.05) is 42.1 Å².